The number of aromatic nitrogens is 3. The van der Waals surface area contributed by atoms with E-state index in [9.17, 15) is 13.2 Å². The summed E-state index contributed by atoms with van der Waals surface area (Å²) in [4.78, 5) is 21.2. The predicted molar refractivity (Wildman–Crippen MR) is 106 cm³/mol. The van der Waals surface area contributed by atoms with Crippen molar-refractivity contribution in [1.29, 1.82) is 0 Å². The average molecular weight is 393 g/mol. The molecule has 2 heterocycles. The second-order valence-electron chi connectivity index (χ2n) is 6.13. The molecule has 4 aromatic rings. The minimum Gasteiger partial charge on any atom is -0.369 e. The zero-order valence-electron chi connectivity index (χ0n) is 14.5. The van der Waals surface area contributed by atoms with E-state index in [1.807, 2.05) is 6.07 Å². The molecule has 0 aliphatic heterocycles. The lowest BCUT2D eigenvalue weighted by molar-refractivity contribution is 0.597. The van der Waals surface area contributed by atoms with Crippen LogP contribution in [0.15, 0.2) is 76.7 Å². The average Bonchev–Trinajstić information content (AvgIpc) is 2.68. The number of fused-ring (bicyclic) bond motifs is 1. The summed E-state index contributed by atoms with van der Waals surface area (Å²) < 4.78 is 24.5. The van der Waals surface area contributed by atoms with Gasteiger partial charge in [-0.05, 0) is 35.9 Å². The summed E-state index contributed by atoms with van der Waals surface area (Å²) in [6.45, 7) is 0. The lowest BCUT2D eigenvalue weighted by atomic mass is 10.1. The van der Waals surface area contributed by atoms with E-state index in [1.165, 1.54) is 23.0 Å². The van der Waals surface area contributed by atoms with Crippen LogP contribution in [0.2, 0.25) is 0 Å². The molecule has 4 rings (SSSR count). The minimum absolute atomic E-state index is 0.0781. The van der Waals surface area contributed by atoms with E-state index < -0.39 is 10.0 Å². The molecule has 0 bridgehead atoms. The first-order chi connectivity index (χ1) is 13.3. The maximum atomic E-state index is 13.1. The summed E-state index contributed by atoms with van der Waals surface area (Å²) in [5.74, 6) is 0.0781. The lowest BCUT2D eigenvalue weighted by Crippen LogP contribution is -2.23. The van der Waals surface area contributed by atoms with Crippen LogP contribution in [0.3, 0.4) is 0 Å². The topological polar surface area (TPSA) is 134 Å². The molecule has 0 unspecified atom stereocenters. The third-order valence-corrected chi connectivity index (χ3v) is 5.16. The Bertz CT molecular complexity index is 1370. The molecule has 4 N–H and O–H groups in total. The number of benzene rings is 2. The summed E-state index contributed by atoms with van der Waals surface area (Å²) >= 11 is 0. The number of nitrogens with zero attached hydrogens (tertiary/aromatic N) is 3. The van der Waals surface area contributed by atoms with Gasteiger partial charge in [0.1, 0.15) is 4.90 Å². The van der Waals surface area contributed by atoms with Crippen LogP contribution < -0.4 is 16.4 Å². The molecule has 0 saturated heterocycles. The van der Waals surface area contributed by atoms with Crippen molar-refractivity contribution in [2.75, 3.05) is 5.73 Å². The van der Waals surface area contributed by atoms with Gasteiger partial charge in [-0.1, -0.05) is 24.3 Å². The van der Waals surface area contributed by atoms with Crippen molar-refractivity contribution in [3.63, 3.8) is 0 Å². The van der Waals surface area contributed by atoms with Gasteiger partial charge in [0.15, 0.2) is 0 Å². The fourth-order valence-corrected chi connectivity index (χ4v) is 3.44. The second-order valence-corrected chi connectivity index (χ2v) is 7.69. The minimum atomic E-state index is -3.89. The Balaban J connectivity index is 1.94. The molecule has 28 heavy (non-hydrogen) atoms. The largest absolute Gasteiger partial charge is 0.369 e. The first-order valence-corrected chi connectivity index (χ1v) is 9.75. The third-order valence-electron chi connectivity index (χ3n) is 4.28. The molecular formula is C19H15N5O3S. The number of pyridine rings is 1. The van der Waals surface area contributed by atoms with E-state index in [-0.39, 0.29) is 16.4 Å². The molecule has 0 aliphatic carbocycles. The molecule has 140 valence electrons. The van der Waals surface area contributed by atoms with Crippen LogP contribution in [0.4, 0.5) is 5.95 Å². The standard InChI is InChI=1S/C19H15N5O3S/c20-19-23-17-7-6-12(13-8-15(11-22-10-13)28(21,26)27)9-16(17)18(25)24(19)14-4-2-1-3-5-14/h1-11H,(H2,20,23)(H2,21,26,27). The number of primary sulfonamides is 1. The Labute approximate surface area is 160 Å². The van der Waals surface area contributed by atoms with Crippen LogP contribution in [0.25, 0.3) is 27.7 Å². The van der Waals surface area contributed by atoms with E-state index >= 15 is 0 Å². The summed E-state index contributed by atoms with van der Waals surface area (Å²) in [5.41, 5.74) is 7.82. The highest BCUT2D eigenvalue weighted by Crippen LogP contribution is 2.24. The van der Waals surface area contributed by atoms with E-state index in [0.717, 1.165) is 0 Å². The van der Waals surface area contributed by atoms with Gasteiger partial charge in [-0.15, -0.1) is 0 Å². The van der Waals surface area contributed by atoms with Crippen LogP contribution in [0, 0.1) is 0 Å². The quantitative estimate of drug-likeness (QED) is 0.544. The molecule has 0 atom stereocenters. The van der Waals surface area contributed by atoms with Gasteiger partial charge in [-0.25, -0.2) is 23.1 Å². The molecule has 2 aromatic carbocycles. The lowest BCUT2D eigenvalue weighted by Gasteiger charge is -2.11. The summed E-state index contributed by atoms with van der Waals surface area (Å²) in [7, 11) is -3.89. The van der Waals surface area contributed by atoms with Gasteiger partial charge < -0.3 is 5.73 Å². The summed E-state index contributed by atoms with van der Waals surface area (Å²) in [6.07, 6.45) is 2.67. The predicted octanol–water partition coefficient (Wildman–Crippen LogP) is 1.68. The van der Waals surface area contributed by atoms with E-state index in [1.54, 1.807) is 42.5 Å². The van der Waals surface area contributed by atoms with Crippen LogP contribution in [-0.4, -0.2) is 23.0 Å². The van der Waals surface area contributed by atoms with Crippen LogP contribution in [-0.2, 0) is 10.0 Å². The Morgan fingerprint density at radius 2 is 1.68 bits per heavy atom. The number of hydrogen-bond acceptors (Lipinski definition) is 6. The molecule has 0 saturated carbocycles. The highest BCUT2D eigenvalue weighted by atomic mass is 32.2. The number of nitrogens with two attached hydrogens (primary N) is 2. The molecule has 0 aliphatic rings. The molecule has 0 amide bonds. The molecule has 0 fully saturated rings. The highest BCUT2D eigenvalue weighted by molar-refractivity contribution is 7.89. The maximum absolute atomic E-state index is 13.1. The zero-order valence-corrected chi connectivity index (χ0v) is 15.3. The van der Waals surface area contributed by atoms with Gasteiger partial charge in [0.2, 0.25) is 16.0 Å². The number of nitrogen functional groups attached to an aromatic ring is 1. The van der Waals surface area contributed by atoms with Crippen LogP contribution in [0.5, 0.6) is 0 Å². The van der Waals surface area contributed by atoms with E-state index in [0.29, 0.717) is 27.7 Å². The van der Waals surface area contributed by atoms with Gasteiger partial charge in [-0.2, -0.15) is 0 Å². The monoisotopic (exact) mass is 393 g/mol. The van der Waals surface area contributed by atoms with Crippen molar-refractivity contribution in [2.24, 2.45) is 5.14 Å². The Kier molecular flexibility index (Phi) is 4.17. The van der Waals surface area contributed by atoms with Crippen molar-refractivity contribution in [3.8, 4) is 16.8 Å². The van der Waals surface area contributed by atoms with Crippen molar-refractivity contribution >= 4 is 26.9 Å². The van der Waals surface area contributed by atoms with Crippen LogP contribution in [0.1, 0.15) is 0 Å². The van der Waals surface area contributed by atoms with Gasteiger partial charge >= 0.3 is 0 Å². The molecule has 2 aromatic heterocycles. The van der Waals surface area contributed by atoms with Crippen molar-refractivity contribution in [2.45, 2.75) is 4.90 Å². The number of sulfonamides is 1. The summed E-state index contributed by atoms with van der Waals surface area (Å²) in [5, 5.41) is 5.52. The molecule has 8 nitrogen and oxygen atoms in total. The van der Waals surface area contributed by atoms with Gasteiger partial charge in [0.25, 0.3) is 5.56 Å². The Morgan fingerprint density at radius 1 is 0.929 bits per heavy atom. The van der Waals surface area contributed by atoms with E-state index in [4.69, 9.17) is 10.9 Å². The summed E-state index contributed by atoms with van der Waals surface area (Å²) in [6, 6.07) is 15.4. The molecule has 0 spiro atoms. The molecule has 0 radical (unpaired) electrons. The van der Waals surface area contributed by atoms with Crippen molar-refractivity contribution < 1.29 is 8.42 Å². The number of hydrogen-bond donors (Lipinski definition) is 2. The number of anilines is 1. The second kappa shape index (κ2) is 6.55. The normalized spacial score (nSPS) is 11.6. The highest BCUT2D eigenvalue weighted by Gasteiger charge is 2.13. The first-order valence-electron chi connectivity index (χ1n) is 8.20. The zero-order chi connectivity index (χ0) is 19.9. The Hall–Kier alpha value is -3.56. The first kappa shape index (κ1) is 17.8. The van der Waals surface area contributed by atoms with E-state index in [2.05, 4.69) is 9.97 Å². The fourth-order valence-electron chi connectivity index (χ4n) is 2.94. The fraction of sp³-hybridized carbons (Fsp3) is 0. The third kappa shape index (κ3) is 3.13. The smallest absolute Gasteiger partial charge is 0.267 e. The molecular weight excluding hydrogens is 378 g/mol. The van der Waals surface area contributed by atoms with Crippen LogP contribution >= 0.6 is 0 Å². The van der Waals surface area contributed by atoms with Crippen molar-refractivity contribution in [3.05, 3.63) is 77.3 Å². The van der Waals surface area contributed by atoms with Gasteiger partial charge in [0, 0.05) is 18.0 Å². The number of para-hydroxylation sites is 1. The molecule has 9 heteroatoms. The van der Waals surface area contributed by atoms with Crippen molar-refractivity contribution in [1.82, 2.24) is 14.5 Å². The SMILES string of the molecule is Nc1nc2ccc(-c3cncc(S(N)(=O)=O)c3)cc2c(=O)n1-c1ccccc1. The van der Waals surface area contributed by atoms with Gasteiger partial charge in [-0.3, -0.25) is 9.78 Å². The van der Waals surface area contributed by atoms with Gasteiger partial charge in [0.05, 0.1) is 16.6 Å². The number of rotatable bonds is 3. The maximum Gasteiger partial charge on any atom is 0.267 e. The Morgan fingerprint density at radius 3 is 2.39 bits per heavy atom.